The normalized spacial score (nSPS) is 10.4. The van der Waals surface area contributed by atoms with Crippen LogP contribution in [0.1, 0.15) is 10.4 Å². The van der Waals surface area contributed by atoms with Crippen molar-refractivity contribution in [3.63, 3.8) is 0 Å². The Morgan fingerprint density at radius 2 is 2.31 bits per heavy atom. The van der Waals surface area contributed by atoms with Crippen molar-refractivity contribution in [1.29, 1.82) is 0 Å². The average Bonchev–Trinajstić information content (AvgIpc) is 2.33. The van der Waals surface area contributed by atoms with Crippen molar-refractivity contribution >= 4 is 22.5 Å². The van der Waals surface area contributed by atoms with E-state index in [1.165, 1.54) is 13.2 Å². The van der Waals surface area contributed by atoms with Crippen molar-refractivity contribution in [2.45, 2.75) is 0 Å². The lowest BCUT2D eigenvalue weighted by Crippen LogP contribution is -2.19. The molecular formula is C11H10FN3O. The highest BCUT2D eigenvalue weighted by Gasteiger charge is 2.14. The molecule has 0 saturated heterocycles. The number of hydrogen-bond acceptors (Lipinski definition) is 3. The van der Waals surface area contributed by atoms with Gasteiger partial charge in [-0.05, 0) is 18.2 Å². The summed E-state index contributed by atoms with van der Waals surface area (Å²) in [6.07, 6.45) is 1.53. The van der Waals surface area contributed by atoms with Gasteiger partial charge >= 0.3 is 0 Å². The number of amides is 1. The van der Waals surface area contributed by atoms with Gasteiger partial charge in [-0.3, -0.25) is 9.78 Å². The lowest BCUT2D eigenvalue weighted by molar-refractivity contribution is 0.0964. The van der Waals surface area contributed by atoms with Crippen molar-refractivity contribution < 1.29 is 9.18 Å². The number of nitrogens with two attached hydrogens (primary N) is 1. The number of carbonyl (C=O) groups excluding carboxylic acids is 1. The molecule has 4 nitrogen and oxygen atoms in total. The molecule has 0 unspecified atom stereocenters. The van der Waals surface area contributed by atoms with Crippen LogP contribution in [0.2, 0.25) is 0 Å². The second kappa shape index (κ2) is 3.77. The maximum Gasteiger partial charge on any atom is 0.253 e. The molecule has 1 aromatic heterocycles. The third-order valence-corrected chi connectivity index (χ3v) is 2.35. The van der Waals surface area contributed by atoms with E-state index < -0.39 is 5.82 Å². The van der Waals surface area contributed by atoms with Crippen molar-refractivity contribution in [2.24, 2.45) is 0 Å². The van der Waals surface area contributed by atoms with Gasteiger partial charge in [-0.1, -0.05) is 0 Å². The van der Waals surface area contributed by atoms with Crippen LogP contribution in [-0.4, -0.2) is 17.9 Å². The van der Waals surface area contributed by atoms with Gasteiger partial charge in [-0.2, -0.15) is 0 Å². The molecule has 5 heteroatoms. The first kappa shape index (κ1) is 10.4. The van der Waals surface area contributed by atoms with Crippen molar-refractivity contribution in [3.05, 3.63) is 35.8 Å². The van der Waals surface area contributed by atoms with Crippen LogP contribution in [0, 0.1) is 5.82 Å². The summed E-state index contributed by atoms with van der Waals surface area (Å²) in [4.78, 5) is 15.6. The van der Waals surface area contributed by atoms with Crippen LogP contribution in [-0.2, 0) is 0 Å². The molecule has 0 radical (unpaired) electrons. The Kier molecular flexibility index (Phi) is 2.44. The standard InChI is InChI=1S/C11H10FN3O/c1-14-11(16)7-5-8(12)9(13)6-3-2-4-15-10(6)7/h2-5H,13H2,1H3,(H,14,16). The summed E-state index contributed by atoms with van der Waals surface area (Å²) in [6.45, 7) is 0. The minimum absolute atomic E-state index is 0.00996. The Morgan fingerprint density at radius 1 is 1.56 bits per heavy atom. The summed E-state index contributed by atoms with van der Waals surface area (Å²) in [5, 5.41) is 2.88. The molecule has 0 bridgehead atoms. The second-order valence-electron chi connectivity index (χ2n) is 3.30. The van der Waals surface area contributed by atoms with Gasteiger partial charge < -0.3 is 11.1 Å². The van der Waals surface area contributed by atoms with E-state index in [1.807, 2.05) is 0 Å². The number of halogens is 1. The Balaban J connectivity index is 2.85. The molecular weight excluding hydrogens is 209 g/mol. The number of nitrogen functional groups attached to an aromatic ring is 1. The van der Waals surface area contributed by atoms with Gasteiger partial charge in [0, 0.05) is 18.6 Å². The number of anilines is 1. The minimum atomic E-state index is -0.612. The van der Waals surface area contributed by atoms with Crippen LogP contribution in [0.25, 0.3) is 10.9 Å². The number of fused-ring (bicyclic) bond motifs is 1. The second-order valence-corrected chi connectivity index (χ2v) is 3.30. The summed E-state index contributed by atoms with van der Waals surface area (Å²) in [6, 6.07) is 4.38. The van der Waals surface area contributed by atoms with E-state index in [0.717, 1.165) is 6.07 Å². The number of hydrogen-bond donors (Lipinski definition) is 2. The molecule has 1 heterocycles. The molecule has 3 N–H and O–H groups in total. The quantitative estimate of drug-likeness (QED) is 0.711. The first-order valence-corrected chi connectivity index (χ1v) is 4.70. The third kappa shape index (κ3) is 1.46. The lowest BCUT2D eigenvalue weighted by Gasteiger charge is -2.07. The summed E-state index contributed by atoms with van der Waals surface area (Å²) >= 11 is 0. The Bertz CT molecular complexity index is 568. The first-order valence-electron chi connectivity index (χ1n) is 4.70. The SMILES string of the molecule is CNC(=O)c1cc(F)c(N)c2cccnc12. The van der Waals surface area contributed by atoms with Crippen LogP contribution in [0.5, 0.6) is 0 Å². The first-order chi connectivity index (χ1) is 7.65. The largest absolute Gasteiger partial charge is 0.396 e. The summed E-state index contributed by atoms with van der Waals surface area (Å²) < 4.78 is 13.5. The highest BCUT2D eigenvalue weighted by atomic mass is 19.1. The summed E-state index contributed by atoms with van der Waals surface area (Å²) in [7, 11) is 1.48. The number of rotatable bonds is 1. The molecule has 0 aliphatic rings. The molecule has 82 valence electrons. The van der Waals surface area contributed by atoms with Crippen LogP contribution >= 0.6 is 0 Å². The third-order valence-electron chi connectivity index (χ3n) is 2.35. The maximum atomic E-state index is 13.5. The predicted molar refractivity (Wildman–Crippen MR) is 59.5 cm³/mol. The number of nitrogens with zero attached hydrogens (tertiary/aromatic N) is 1. The average molecular weight is 219 g/mol. The number of benzene rings is 1. The van der Waals surface area contributed by atoms with E-state index in [2.05, 4.69) is 10.3 Å². The number of pyridine rings is 1. The number of carbonyl (C=O) groups is 1. The molecule has 0 atom stereocenters. The van der Waals surface area contributed by atoms with Crippen molar-refractivity contribution in [1.82, 2.24) is 10.3 Å². The molecule has 0 saturated carbocycles. The highest BCUT2D eigenvalue weighted by Crippen LogP contribution is 2.25. The number of nitrogens with one attached hydrogen (secondary N) is 1. The molecule has 0 aliphatic carbocycles. The van der Waals surface area contributed by atoms with Crippen LogP contribution in [0.4, 0.5) is 10.1 Å². The van der Waals surface area contributed by atoms with Gasteiger partial charge in [0.05, 0.1) is 16.8 Å². The zero-order valence-corrected chi connectivity index (χ0v) is 8.62. The zero-order valence-electron chi connectivity index (χ0n) is 8.62. The Hall–Kier alpha value is -2.17. The predicted octanol–water partition coefficient (Wildman–Crippen LogP) is 1.32. The smallest absolute Gasteiger partial charge is 0.253 e. The van der Waals surface area contributed by atoms with Gasteiger partial charge in [-0.15, -0.1) is 0 Å². The van der Waals surface area contributed by atoms with E-state index in [-0.39, 0.29) is 17.2 Å². The van der Waals surface area contributed by atoms with Gasteiger partial charge in [0.1, 0.15) is 5.82 Å². The van der Waals surface area contributed by atoms with Gasteiger partial charge in [0.25, 0.3) is 5.91 Å². The zero-order chi connectivity index (χ0) is 11.7. The molecule has 0 aliphatic heterocycles. The highest BCUT2D eigenvalue weighted by molar-refractivity contribution is 6.08. The summed E-state index contributed by atoms with van der Waals surface area (Å²) in [5.74, 6) is -0.998. The lowest BCUT2D eigenvalue weighted by atomic mass is 10.1. The fourth-order valence-corrected chi connectivity index (χ4v) is 1.55. The molecule has 0 fully saturated rings. The van der Waals surface area contributed by atoms with Gasteiger partial charge in [-0.25, -0.2) is 4.39 Å². The van der Waals surface area contributed by atoms with Gasteiger partial charge in [0.2, 0.25) is 0 Å². The van der Waals surface area contributed by atoms with E-state index in [1.54, 1.807) is 12.1 Å². The molecule has 0 spiro atoms. The van der Waals surface area contributed by atoms with Crippen LogP contribution in [0.3, 0.4) is 0 Å². The van der Waals surface area contributed by atoms with Crippen molar-refractivity contribution in [2.75, 3.05) is 12.8 Å². The van der Waals surface area contributed by atoms with Crippen LogP contribution in [0.15, 0.2) is 24.4 Å². The molecule has 16 heavy (non-hydrogen) atoms. The maximum absolute atomic E-state index is 13.5. The van der Waals surface area contributed by atoms with E-state index >= 15 is 0 Å². The minimum Gasteiger partial charge on any atom is -0.396 e. The number of aromatic nitrogens is 1. The van der Waals surface area contributed by atoms with E-state index in [4.69, 9.17) is 5.73 Å². The molecule has 2 rings (SSSR count). The van der Waals surface area contributed by atoms with Gasteiger partial charge in [0.15, 0.2) is 0 Å². The molecule has 2 aromatic rings. The Morgan fingerprint density at radius 3 is 3.00 bits per heavy atom. The monoisotopic (exact) mass is 219 g/mol. The molecule has 1 aromatic carbocycles. The topological polar surface area (TPSA) is 68.0 Å². The fourth-order valence-electron chi connectivity index (χ4n) is 1.55. The van der Waals surface area contributed by atoms with E-state index in [9.17, 15) is 9.18 Å². The van der Waals surface area contributed by atoms with E-state index in [0.29, 0.717) is 10.9 Å². The summed E-state index contributed by atoms with van der Waals surface area (Å²) in [5.41, 5.74) is 6.18. The molecule has 1 amide bonds. The van der Waals surface area contributed by atoms with Crippen molar-refractivity contribution in [3.8, 4) is 0 Å². The van der Waals surface area contributed by atoms with Crippen LogP contribution < -0.4 is 11.1 Å². The fraction of sp³-hybridized carbons (Fsp3) is 0.0909. The Labute approximate surface area is 91.3 Å².